The van der Waals surface area contributed by atoms with Crippen LogP contribution in [-0.2, 0) is 11.2 Å². The first kappa shape index (κ1) is 15.6. The minimum atomic E-state index is -0.980. The maximum atomic E-state index is 13.2. The lowest BCUT2D eigenvalue weighted by Gasteiger charge is -2.20. The number of nitrogens with zero attached hydrogens (tertiary/aromatic N) is 2. The molecule has 1 fully saturated rings. The van der Waals surface area contributed by atoms with E-state index in [0.29, 0.717) is 30.8 Å². The van der Waals surface area contributed by atoms with Crippen LogP contribution in [0.2, 0.25) is 0 Å². The highest BCUT2D eigenvalue weighted by Crippen LogP contribution is 2.22. The second kappa shape index (κ2) is 6.45. The largest absolute Gasteiger partial charge is 0.480 e. The van der Waals surface area contributed by atoms with Crippen LogP contribution in [0.15, 0.2) is 29.6 Å². The number of aliphatic carboxylic acids is 1. The Kier molecular flexibility index (Phi) is 4.38. The van der Waals surface area contributed by atoms with Gasteiger partial charge in [0.25, 0.3) is 5.91 Å². The van der Waals surface area contributed by atoms with Crippen molar-refractivity contribution in [2.75, 3.05) is 6.54 Å². The highest BCUT2D eigenvalue weighted by Gasteiger charge is 2.35. The van der Waals surface area contributed by atoms with Crippen LogP contribution in [0.1, 0.15) is 33.9 Å². The summed E-state index contributed by atoms with van der Waals surface area (Å²) in [7, 11) is 0. The van der Waals surface area contributed by atoms with E-state index in [2.05, 4.69) is 4.98 Å². The predicted octanol–water partition coefficient (Wildman–Crippen LogP) is 2.56. The molecule has 23 heavy (non-hydrogen) atoms. The number of carbonyl (C=O) groups excluding carboxylic acids is 1. The molecule has 7 heteroatoms. The van der Waals surface area contributed by atoms with Crippen LogP contribution < -0.4 is 0 Å². The molecule has 0 spiro atoms. The minimum Gasteiger partial charge on any atom is -0.480 e. The fourth-order valence-electron chi connectivity index (χ4n) is 2.73. The molecule has 1 aromatic heterocycles. The average Bonchev–Trinajstić information content (AvgIpc) is 3.15. The first-order chi connectivity index (χ1) is 11.0. The summed E-state index contributed by atoms with van der Waals surface area (Å²) in [6.45, 7) is 0.437. The van der Waals surface area contributed by atoms with Crippen LogP contribution in [-0.4, -0.2) is 39.5 Å². The highest BCUT2D eigenvalue weighted by atomic mass is 32.1. The number of carbonyl (C=O) groups is 2. The topological polar surface area (TPSA) is 70.5 Å². The Bertz CT molecular complexity index is 746. The first-order valence-corrected chi connectivity index (χ1v) is 8.15. The fourth-order valence-corrected chi connectivity index (χ4v) is 3.53. The van der Waals surface area contributed by atoms with Gasteiger partial charge in [0.1, 0.15) is 17.6 Å². The van der Waals surface area contributed by atoms with Crippen LogP contribution in [0.5, 0.6) is 0 Å². The summed E-state index contributed by atoms with van der Waals surface area (Å²) in [4.78, 5) is 29.3. The lowest BCUT2D eigenvalue weighted by atomic mass is 10.1. The molecule has 5 nitrogen and oxygen atoms in total. The fraction of sp³-hybridized carbons (Fsp3) is 0.312. The van der Waals surface area contributed by atoms with Gasteiger partial charge in [-0.3, -0.25) is 4.79 Å². The molecule has 1 amide bonds. The smallest absolute Gasteiger partial charge is 0.326 e. The Labute approximate surface area is 136 Å². The van der Waals surface area contributed by atoms with Crippen molar-refractivity contribution in [2.24, 2.45) is 0 Å². The van der Waals surface area contributed by atoms with Crippen molar-refractivity contribution in [3.8, 4) is 0 Å². The van der Waals surface area contributed by atoms with E-state index in [0.717, 1.165) is 5.56 Å². The summed E-state index contributed by atoms with van der Waals surface area (Å²) in [5.41, 5.74) is 1.04. The molecule has 0 radical (unpaired) electrons. The van der Waals surface area contributed by atoms with E-state index >= 15 is 0 Å². The molecule has 2 aromatic rings. The molecule has 1 N–H and O–H groups in total. The maximum absolute atomic E-state index is 13.2. The van der Waals surface area contributed by atoms with Gasteiger partial charge in [-0.1, -0.05) is 12.1 Å². The summed E-state index contributed by atoms with van der Waals surface area (Å²) < 4.78 is 13.2. The second-order valence-electron chi connectivity index (χ2n) is 5.43. The third-order valence-corrected chi connectivity index (χ3v) is 4.66. The number of hydrogen-bond acceptors (Lipinski definition) is 4. The van der Waals surface area contributed by atoms with Gasteiger partial charge < -0.3 is 10.0 Å². The van der Waals surface area contributed by atoms with Gasteiger partial charge in [-0.2, -0.15) is 0 Å². The quantitative estimate of drug-likeness (QED) is 0.933. The molecule has 1 aliphatic rings. The van der Waals surface area contributed by atoms with Gasteiger partial charge in [0.05, 0.1) is 5.01 Å². The Morgan fingerprint density at radius 3 is 3.00 bits per heavy atom. The molecule has 1 atom stereocenters. The lowest BCUT2D eigenvalue weighted by molar-refractivity contribution is -0.141. The molecule has 3 rings (SSSR count). The normalized spacial score (nSPS) is 17.4. The number of carboxylic acid groups (broad SMARTS) is 1. The third kappa shape index (κ3) is 3.39. The molecule has 120 valence electrons. The van der Waals surface area contributed by atoms with Crippen molar-refractivity contribution >= 4 is 23.2 Å². The highest BCUT2D eigenvalue weighted by molar-refractivity contribution is 7.09. The van der Waals surface area contributed by atoms with Crippen LogP contribution in [0.3, 0.4) is 0 Å². The van der Waals surface area contributed by atoms with Crippen molar-refractivity contribution < 1.29 is 19.1 Å². The van der Waals surface area contributed by atoms with Crippen LogP contribution in [0, 0.1) is 5.82 Å². The predicted molar refractivity (Wildman–Crippen MR) is 83.0 cm³/mol. The van der Waals surface area contributed by atoms with Crippen LogP contribution >= 0.6 is 11.3 Å². The molecule has 0 aliphatic carbocycles. The summed E-state index contributed by atoms with van der Waals surface area (Å²) in [5, 5.41) is 11.5. The maximum Gasteiger partial charge on any atom is 0.326 e. The second-order valence-corrected chi connectivity index (χ2v) is 6.37. The van der Waals surface area contributed by atoms with Crippen molar-refractivity contribution in [3.63, 3.8) is 0 Å². The van der Waals surface area contributed by atoms with Gasteiger partial charge in [0.15, 0.2) is 0 Å². The number of rotatable bonds is 4. The molecule has 1 saturated heterocycles. The summed E-state index contributed by atoms with van der Waals surface area (Å²) in [6, 6.07) is 5.47. The standard InChI is InChI=1S/C16H15FN2O3S/c17-11-4-1-3-10(7-11)8-14-18-12(9-23-14)15(20)19-6-2-5-13(19)16(21)22/h1,3-4,7,9,13H,2,5-6,8H2,(H,21,22)/t13-/m1/s1. The van der Waals surface area contributed by atoms with E-state index in [1.807, 2.05) is 0 Å². The molecule has 0 unspecified atom stereocenters. The van der Waals surface area contributed by atoms with Gasteiger partial charge in [0.2, 0.25) is 0 Å². The molecule has 0 saturated carbocycles. The van der Waals surface area contributed by atoms with Gasteiger partial charge in [-0.25, -0.2) is 14.2 Å². The van der Waals surface area contributed by atoms with E-state index < -0.39 is 12.0 Å². The van der Waals surface area contributed by atoms with Crippen molar-refractivity contribution in [1.82, 2.24) is 9.88 Å². The number of hydrogen-bond donors (Lipinski definition) is 1. The molecule has 1 aliphatic heterocycles. The first-order valence-electron chi connectivity index (χ1n) is 7.27. The van der Waals surface area contributed by atoms with E-state index in [1.165, 1.54) is 28.4 Å². The summed E-state index contributed by atoms with van der Waals surface area (Å²) in [5.74, 6) is -1.64. The van der Waals surface area contributed by atoms with E-state index in [-0.39, 0.29) is 17.4 Å². The zero-order chi connectivity index (χ0) is 16.4. The number of aromatic nitrogens is 1. The average molecular weight is 334 g/mol. The Hall–Kier alpha value is -2.28. The molecule has 0 bridgehead atoms. The number of thiazole rings is 1. The van der Waals surface area contributed by atoms with E-state index in [9.17, 15) is 14.0 Å². The zero-order valence-corrected chi connectivity index (χ0v) is 13.1. The molecule has 2 heterocycles. The van der Waals surface area contributed by atoms with Gasteiger partial charge in [-0.15, -0.1) is 11.3 Å². The van der Waals surface area contributed by atoms with Gasteiger partial charge in [0, 0.05) is 18.3 Å². The number of halogens is 1. The zero-order valence-electron chi connectivity index (χ0n) is 12.2. The molecular formula is C16H15FN2O3S. The molecular weight excluding hydrogens is 319 g/mol. The number of benzene rings is 1. The Morgan fingerprint density at radius 2 is 2.26 bits per heavy atom. The van der Waals surface area contributed by atoms with Crippen LogP contribution in [0.4, 0.5) is 4.39 Å². The van der Waals surface area contributed by atoms with Crippen molar-refractivity contribution in [1.29, 1.82) is 0 Å². The van der Waals surface area contributed by atoms with Crippen molar-refractivity contribution in [2.45, 2.75) is 25.3 Å². The lowest BCUT2D eigenvalue weighted by Crippen LogP contribution is -2.40. The minimum absolute atomic E-state index is 0.259. The van der Waals surface area contributed by atoms with Gasteiger partial charge in [-0.05, 0) is 30.5 Å². The summed E-state index contributed by atoms with van der Waals surface area (Å²) in [6.07, 6.45) is 1.60. The third-order valence-electron chi connectivity index (χ3n) is 3.81. The SMILES string of the molecule is O=C(O)[C@H]1CCCN1C(=O)c1csc(Cc2cccc(F)c2)n1. The van der Waals surface area contributed by atoms with E-state index in [1.54, 1.807) is 17.5 Å². The Morgan fingerprint density at radius 1 is 1.43 bits per heavy atom. The van der Waals surface area contributed by atoms with Crippen molar-refractivity contribution in [3.05, 3.63) is 51.7 Å². The number of carboxylic acids is 1. The van der Waals surface area contributed by atoms with Gasteiger partial charge >= 0.3 is 5.97 Å². The number of likely N-dealkylation sites (tertiary alicyclic amines) is 1. The van der Waals surface area contributed by atoms with Crippen LogP contribution in [0.25, 0.3) is 0 Å². The Balaban J connectivity index is 1.74. The monoisotopic (exact) mass is 334 g/mol. The summed E-state index contributed by atoms with van der Waals surface area (Å²) >= 11 is 1.32. The van der Waals surface area contributed by atoms with E-state index in [4.69, 9.17) is 5.11 Å². The molecule has 1 aromatic carbocycles. The number of amides is 1.